The predicted molar refractivity (Wildman–Crippen MR) is 84.2 cm³/mol. The number of amides is 1. The van der Waals surface area contributed by atoms with Crippen LogP contribution >= 0.6 is 0 Å². The molecule has 0 radical (unpaired) electrons. The molecule has 1 aromatic carbocycles. The zero-order valence-electron chi connectivity index (χ0n) is 13.5. The van der Waals surface area contributed by atoms with Crippen molar-refractivity contribution >= 4 is 5.91 Å². The molecule has 0 saturated carbocycles. The van der Waals surface area contributed by atoms with E-state index in [0.717, 1.165) is 5.56 Å². The zero-order valence-corrected chi connectivity index (χ0v) is 13.5. The first-order valence-corrected chi connectivity index (χ1v) is 7.14. The molecule has 3 nitrogen and oxygen atoms in total. The van der Waals surface area contributed by atoms with E-state index in [2.05, 4.69) is 26.1 Å². The van der Waals surface area contributed by atoms with E-state index in [1.54, 1.807) is 0 Å². The zero-order chi connectivity index (χ0) is 15.6. The van der Waals surface area contributed by atoms with E-state index in [9.17, 15) is 4.79 Å². The number of hydrogen-bond acceptors (Lipinski definition) is 2. The van der Waals surface area contributed by atoms with Crippen LogP contribution in [0.25, 0.3) is 0 Å². The summed E-state index contributed by atoms with van der Waals surface area (Å²) in [7, 11) is 0. The number of nitrogens with two attached hydrogens (primary N) is 1. The summed E-state index contributed by atoms with van der Waals surface area (Å²) in [6, 6.07) is 9.47. The fraction of sp³-hybridized carbons (Fsp3) is 0.588. The highest BCUT2D eigenvalue weighted by molar-refractivity contribution is 5.82. The number of carbonyl (C=O) groups is 1. The standard InChI is InChI=1S/C17H28N2O/c1-16(2,3)13(18)15(20)19-14(17(4,5)6)12-10-8-7-9-11-12/h7-11,13-14H,18H2,1-6H3,(H,19,20). The lowest BCUT2D eigenvalue weighted by Gasteiger charge is -2.35. The van der Waals surface area contributed by atoms with Crippen LogP contribution in [0.5, 0.6) is 0 Å². The third kappa shape index (κ3) is 4.34. The Kier molecular flexibility index (Phi) is 4.98. The van der Waals surface area contributed by atoms with Gasteiger partial charge in [-0.1, -0.05) is 71.9 Å². The Balaban J connectivity index is 2.96. The first-order valence-electron chi connectivity index (χ1n) is 7.14. The van der Waals surface area contributed by atoms with Gasteiger partial charge in [-0.05, 0) is 16.4 Å². The highest BCUT2D eigenvalue weighted by Gasteiger charge is 2.33. The summed E-state index contributed by atoms with van der Waals surface area (Å²) in [6.07, 6.45) is 0. The fourth-order valence-electron chi connectivity index (χ4n) is 2.07. The van der Waals surface area contributed by atoms with Crippen LogP contribution in [0.2, 0.25) is 0 Å². The van der Waals surface area contributed by atoms with Gasteiger partial charge in [0.15, 0.2) is 0 Å². The van der Waals surface area contributed by atoms with E-state index in [4.69, 9.17) is 5.73 Å². The van der Waals surface area contributed by atoms with Crippen LogP contribution in [-0.4, -0.2) is 11.9 Å². The number of hydrogen-bond donors (Lipinski definition) is 2. The minimum absolute atomic E-state index is 0.0513. The lowest BCUT2D eigenvalue weighted by molar-refractivity contribution is -0.126. The van der Waals surface area contributed by atoms with Gasteiger partial charge in [0.2, 0.25) is 5.91 Å². The summed E-state index contributed by atoms with van der Waals surface area (Å²) in [4.78, 5) is 12.4. The minimum atomic E-state index is -0.518. The Hall–Kier alpha value is -1.35. The Bertz CT molecular complexity index is 440. The maximum absolute atomic E-state index is 12.4. The van der Waals surface area contributed by atoms with Crippen LogP contribution in [0.3, 0.4) is 0 Å². The van der Waals surface area contributed by atoms with E-state index < -0.39 is 6.04 Å². The molecule has 2 atom stereocenters. The molecule has 1 amide bonds. The van der Waals surface area contributed by atoms with Gasteiger partial charge in [-0.15, -0.1) is 0 Å². The van der Waals surface area contributed by atoms with Gasteiger partial charge in [-0.2, -0.15) is 0 Å². The van der Waals surface area contributed by atoms with Crippen molar-refractivity contribution in [2.24, 2.45) is 16.6 Å². The summed E-state index contributed by atoms with van der Waals surface area (Å²) in [6.45, 7) is 12.3. The largest absolute Gasteiger partial charge is 0.347 e. The maximum atomic E-state index is 12.4. The van der Waals surface area contributed by atoms with Crippen LogP contribution in [0.4, 0.5) is 0 Å². The van der Waals surface area contributed by atoms with Crippen LogP contribution in [0.1, 0.15) is 53.1 Å². The van der Waals surface area contributed by atoms with Crippen LogP contribution in [-0.2, 0) is 4.79 Å². The molecule has 0 aliphatic rings. The molecule has 112 valence electrons. The Morgan fingerprint density at radius 1 is 1.00 bits per heavy atom. The van der Waals surface area contributed by atoms with E-state index >= 15 is 0 Å². The third-order valence-corrected chi connectivity index (χ3v) is 3.50. The molecule has 0 aliphatic heterocycles. The molecule has 2 unspecified atom stereocenters. The lowest BCUT2D eigenvalue weighted by Crippen LogP contribution is -2.51. The van der Waals surface area contributed by atoms with Gasteiger partial charge in [0.25, 0.3) is 0 Å². The van der Waals surface area contributed by atoms with Crippen molar-refractivity contribution in [3.05, 3.63) is 35.9 Å². The Labute approximate surface area is 122 Å². The SMILES string of the molecule is CC(C)(C)C(N)C(=O)NC(c1ccccc1)C(C)(C)C. The monoisotopic (exact) mass is 276 g/mol. The molecular weight excluding hydrogens is 248 g/mol. The maximum Gasteiger partial charge on any atom is 0.237 e. The van der Waals surface area contributed by atoms with Gasteiger partial charge in [0.05, 0.1) is 12.1 Å². The van der Waals surface area contributed by atoms with Gasteiger partial charge in [0.1, 0.15) is 0 Å². The van der Waals surface area contributed by atoms with Crippen molar-refractivity contribution in [3.63, 3.8) is 0 Å². The van der Waals surface area contributed by atoms with E-state index in [0.29, 0.717) is 0 Å². The Morgan fingerprint density at radius 2 is 1.50 bits per heavy atom. The van der Waals surface area contributed by atoms with Crippen molar-refractivity contribution < 1.29 is 4.79 Å². The molecule has 0 aromatic heterocycles. The molecule has 20 heavy (non-hydrogen) atoms. The molecule has 0 fully saturated rings. The number of nitrogens with one attached hydrogen (secondary N) is 1. The van der Waals surface area contributed by atoms with Gasteiger partial charge in [-0.25, -0.2) is 0 Å². The minimum Gasteiger partial charge on any atom is -0.347 e. The predicted octanol–water partition coefficient (Wildman–Crippen LogP) is 3.26. The van der Waals surface area contributed by atoms with Gasteiger partial charge >= 0.3 is 0 Å². The van der Waals surface area contributed by atoms with Gasteiger partial charge in [-0.3, -0.25) is 4.79 Å². The smallest absolute Gasteiger partial charge is 0.237 e. The van der Waals surface area contributed by atoms with Crippen LogP contribution < -0.4 is 11.1 Å². The molecule has 1 aromatic rings. The number of benzene rings is 1. The van der Waals surface area contributed by atoms with E-state index in [1.165, 1.54) is 0 Å². The van der Waals surface area contributed by atoms with Crippen molar-refractivity contribution in [3.8, 4) is 0 Å². The first kappa shape index (κ1) is 16.7. The highest BCUT2D eigenvalue weighted by Crippen LogP contribution is 2.33. The molecule has 0 bridgehead atoms. The normalized spacial score (nSPS) is 15.6. The molecule has 1 rings (SSSR count). The van der Waals surface area contributed by atoms with Crippen LogP contribution in [0, 0.1) is 10.8 Å². The lowest BCUT2D eigenvalue weighted by atomic mass is 9.81. The van der Waals surface area contributed by atoms with Crippen molar-refractivity contribution in [1.82, 2.24) is 5.32 Å². The molecule has 0 spiro atoms. The molecule has 3 N–H and O–H groups in total. The number of carbonyl (C=O) groups excluding carboxylic acids is 1. The average molecular weight is 276 g/mol. The first-order chi connectivity index (χ1) is 9.03. The van der Waals surface area contributed by atoms with E-state index in [1.807, 2.05) is 51.1 Å². The summed E-state index contributed by atoms with van der Waals surface area (Å²) in [5.41, 5.74) is 6.84. The quantitative estimate of drug-likeness (QED) is 0.890. The summed E-state index contributed by atoms with van der Waals surface area (Å²) in [5.74, 6) is -0.0960. The summed E-state index contributed by atoms with van der Waals surface area (Å²) in [5, 5.41) is 3.12. The molecular formula is C17H28N2O. The molecule has 3 heteroatoms. The van der Waals surface area contributed by atoms with Crippen LogP contribution in [0.15, 0.2) is 30.3 Å². The highest BCUT2D eigenvalue weighted by atomic mass is 16.2. The van der Waals surface area contributed by atoms with Crippen molar-refractivity contribution in [2.75, 3.05) is 0 Å². The topological polar surface area (TPSA) is 55.1 Å². The second kappa shape index (κ2) is 5.96. The second-order valence-corrected chi connectivity index (χ2v) is 7.56. The number of rotatable bonds is 3. The second-order valence-electron chi connectivity index (χ2n) is 7.56. The van der Waals surface area contributed by atoms with Gasteiger partial charge < -0.3 is 11.1 Å². The summed E-state index contributed by atoms with van der Waals surface area (Å²) < 4.78 is 0. The van der Waals surface area contributed by atoms with Crippen molar-refractivity contribution in [1.29, 1.82) is 0 Å². The average Bonchev–Trinajstić information content (AvgIpc) is 2.33. The fourth-order valence-corrected chi connectivity index (χ4v) is 2.07. The van der Waals surface area contributed by atoms with Crippen molar-refractivity contribution in [2.45, 2.75) is 53.6 Å². The third-order valence-electron chi connectivity index (χ3n) is 3.50. The molecule has 0 aliphatic carbocycles. The van der Waals surface area contributed by atoms with E-state index in [-0.39, 0.29) is 22.8 Å². The molecule has 0 heterocycles. The van der Waals surface area contributed by atoms with Gasteiger partial charge in [0, 0.05) is 0 Å². The Morgan fingerprint density at radius 3 is 1.90 bits per heavy atom. The molecule has 0 saturated heterocycles. The summed E-state index contributed by atoms with van der Waals surface area (Å²) >= 11 is 0.